The topological polar surface area (TPSA) is 89.5 Å². The van der Waals surface area contributed by atoms with E-state index in [1.54, 1.807) is 12.1 Å². The van der Waals surface area contributed by atoms with Crippen molar-refractivity contribution >= 4 is 18.1 Å². The molecular weight excluding hydrogens is 350 g/mol. The summed E-state index contributed by atoms with van der Waals surface area (Å²) in [5, 5.41) is 3.98. The van der Waals surface area contributed by atoms with Gasteiger partial charge in [0.25, 0.3) is 0 Å². The minimum atomic E-state index is -0.478. The van der Waals surface area contributed by atoms with Gasteiger partial charge in [-0.15, -0.1) is 0 Å². The van der Waals surface area contributed by atoms with Crippen LogP contribution in [0.4, 0.5) is 0 Å². The molecule has 0 atom stereocenters. The predicted molar refractivity (Wildman–Crippen MR) is 101 cm³/mol. The molecule has 0 aromatic heterocycles. The highest BCUT2D eigenvalue weighted by Gasteiger charge is 2.16. The van der Waals surface area contributed by atoms with E-state index in [0.717, 1.165) is 19.6 Å². The van der Waals surface area contributed by atoms with Crippen LogP contribution in [0.1, 0.15) is 38.2 Å². The Kier molecular flexibility index (Phi) is 8.06. The van der Waals surface area contributed by atoms with Gasteiger partial charge in [0.1, 0.15) is 0 Å². The third-order valence-electron chi connectivity index (χ3n) is 4.24. The first-order valence-corrected chi connectivity index (χ1v) is 9.02. The lowest BCUT2D eigenvalue weighted by Crippen LogP contribution is -2.33. The van der Waals surface area contributed by atoms with Gasteiger partial charge in [-0.25, -0.2) is 5.43 Å². The van der Waals surface area contributed by atoms with E-state index in [9.17, 15) is 9.59 Å². The van der Waals surface area contributed by atoms with Gasteiger partial charge < -0.3 is 19.1 Å². The van der Waals surface area contributed by atoms with E-state index >= 15 is 0 Å². The van der Waals surface area contributed by atoms with Crippen LogP contribution < -0.4 is 19.6 Å². The molecule has 1 N–H and O–H groups in total. The number of rotatable bonds is 8. The van der Waals surface area contributed by atoms with Gasteiger partial charge in [0.15, 0.2) is 11.5 Å². The molecule has 0 bridgehead atoms. The van der Waals surface area contributed by atoms with Crippen molar-refractivity contribution in [3.05, 3.63) is 17.7 Å². The van der Waals surface area contributed by atoms with Crippen LogP contribution in [0.15, 0.2) is 17.2 Å². The number of carbonyl (C=O) groups is 2. The first-order chi connectivity index (χ1) is 13.0. The number of likely N-dealkylation sites (tertiary alicyclic amines) is 1. The molecule has 1 amide bonds. The van der Waals surface area contributed by atoms with Crippen molar-refractivity contribution in [2.45, 2.75) is 32.6 Å². The number of hydrazone groups is 1. The maximum Gasteiger partial charge on any atom is 0.308 e. The fourth-order valence-corrected chi connectivity index (χ4v) is 2.90. The Balaban J connectivity index is 1.94. The van der Waals surface area contributed by atoms with E-state index < -0.39 is 5.97 Å². The quantitative estimate of drug-likeness (QED) is 0.322. The summed E-state index contributed by atoms with van der Waals surface area (Å²) in [5.74, 6) is 0.265. The fourth-order valence-electron chi connectivity index (χ4n) is 2.90. The van der Waals surface area contributed by atoms with E-state index in [4.69, 9.17) is 14.2 Å². The number of nitrogens with zero attached hydrogens (tertiary/aromatic N) is 2. The number of carbonyl (C=O) groups excluding carboxylic acids is 2. The number of hydrogen-bond acceptors (Lipinski definition) is 7. The second-order valence-electron chi connectivity index (χ2n) is 6.29. The summed E-state index contributed by atoms with van der Waals surface area (Å²) in [6.45, 7) is 4.17. The molecule has 1 aromatic carbocycles. The molecule has 148 valence electrons. The Morgan fingerprint density at radius 2 is 1.78 bits per heavy atom. The average Bonchev–Trinajstić information content (AvgIpc) is 2.67. The Morgan fingerprint density at radius 1 is 1.15 bits per heavy atom. The van der Waals surface area contributed by atoms with Crippen molar-refractivity contribution in [3.8, 4) is 17.2 Å². The van der Waals surface area contributed by atoms with Crippen LogP contribution in [-0.4, -0.2) is 56.8 Å². The highest BCUT2D eigenvalue weighted by molar-refractivity contribution is 5.85. The van der Waals surface area contributed by atoms with Crippen molar-refractivity contribution in [2.24, 2.45) is 5.10 Å². The maximum atomic E-state index is 11.9. The van der Waals surface area contributed by atoms with Gasteiger partial charge in [-0.05, 0) is 38.1 Å². The zero-order valence-corrected chi connectivity index (χ0v) is 16.1. The van der Waals surface area contributed by atoms with Crippen LogP contribution in [0.25, 0.3) is 0 Å². The first-order valence-electron chi connectivity index (χ1n) is 9.02. The highest BCUT2D eigenvalue weighted by atomic mass is 16.6. The van der Waals surface area contributed by atoms with Crippen LogP contribution in [0.2, 0.25) is 0 Å². The van der Waals surface area contributed by atoms with Gasteiger partial charge in [0.2, 0.25) is 11.7 Å². The van der Waals surface area contributed by atoms with Crippen LogP contribution in [0, 0.1) is 0 Å². The van der Waals surface area contributed by atoms with Gasteiger partial charge in [0.05, 0.1) is 20.4 Å². The number of amides is 1. The molecule has 2 rings (SSSR count). The Bertz CT molecular complexity index is 659. The standard InChI is InChI=1S/C19H27N3O5/c1-14(23)27-19-16(25-2)11-15(12-17(19)26-3)13-20-21-18(24)7-10-22-8-5-4-6-9-22/h11-13H,4-10H2,1-3H3,(H,21,24)/b20-13+. The van der Waals surface area contributed by atoms with Gasteiger partial charge in [-0.1, -0.05) is 6.42 Å². The SMILES string of the molecule is COc1cc(/C=N/NC(=O)CCN2CCCCC2)cc(OC)c1OC(C)=O. The smallest absolute Gasteiger partial charge is 0.308 e. The first kappa shape index (κ1) is 20.7. The second kappa shape index (κ2) is 10.5. The largest absolute Gasteiger partial charge is 0.493 e. The zero-order valence-electron chi connectivity index (χ0n) is 16.1. The number of methoxy groups -OCH3 is 2. The summed E-state index contributed by atoms with van der Waals surface area (Å²) in [6.07, 6.45) is 5.58. The summed E-state index contributed by atoms with van der Waals surface area (Å²) in [5.41, 5.74) is 3.16. The molecule has 0 radical (unpaired) electrons. The number of ether oxygens (including phenoxy) is 3. The van der Waals surface area contributed by atoms with E-state index in [1.807, 2.05) is 0 Å². The Labute approximate surface area is 159 Å². The molecule has 27 heavy (non-hydrogen) atoms. The van der Waals surface area contributed by atoms with Crippen LogP contribution in [0.5, 0.6) is 17.2 Å². The van der Waals surface area contributed by atoms with E-state index in [2.05, 4.69) is 15.4 Å². The molecular formula is C19H27N3O5. The molecule has 0 aliphatic carbocycles. The van der Waals surface area contributed by atoms with Crippen LogP contribution in [0.3, 0.4) is 0 Å². The number of hydrogen-bond donors (Lipinski definition) is 1. The lowest BCUT2D eigenvalue weighted by molar-refractivity contribution is -0.132. The minimum absolute atomic E-state index is 0.132. The van der Waals surface area contributed by atoms with Crippen LogP contribution in [-0.2, 0) is 9.59 Å². The third kappa shape index (κ3) is 6.56. The Morgan fingerprint density at radius 3 is 2.33 bits per heavy atom. The highest BCUT2D eigenvalue weighted by Crippen LogP contribution is 2.38. The van der Waals surface area contributed by atoms with Gasteiger partial charge in [0, 0.05) is 25.5 Å². The minimum Gasteiger partial charge on any atom is -0.493 e. The predicted octanol–water partition coefficient (Wildman–Crippen LogP) is 1.96. The molecule has 0 saturated carbocycles. The van der Waals surface area contributed by atoms with E-state index in [0.29, 0.717) is 23.5 Å². The molecule has 8 heteroatoms. The summed E-state index contributed by atoms with van der Waals surface area (Å²) >= 11 is 0. The molecule has 1 aromatic rings. The van der Waals surface area contributed by atoms with Crippen molar-refractivity contribution in [1.29, 1.82) is 0 Å². The molecule has 0 unspecified atom stereocenters. The number of benzene rings is 1. The van der Waals surface area contributed by atoms with Crippen molar-refractivity contribution in [1.82, 2.24) is 10.3 Å². The zero-order chi connectivity index (χ0) is 19.6. The molecule has 0 spiro atoms. The van der Waals surface area contributed by atoms with Gasteiger partial charge in [-0.3, -0.25) is 9.59 Å². The Hall–Kier alpha value is -2.61. The molecule has 1 heterocycles. The second-order valence-corrected chi connectivity index (χ2v) is 6.29. The third-order valence-corrected chi connectivity index (χ3v) is 4.24. The summed E-state index contributed by atoms with van der Waals surface area (Å²) < 4.78 is 15.6. The maximum absolute atomic E-state index is 11.9. The molecule has 1 aliphatic heterocycles. The summed E-state index contributed by atoms with van der Waals surface area (Å²) in [4.78, 5) is 25.5. The van der Waals surface area contributed by atoms with Crippen molar-refractivity contribution < 1.29 is 23.8 Å². The summed E-state index contributed by atoms with van der Waals surface area (Å²) in [6, 6.07) is 3.29. The van der Waals surface area contributed by atoms with Crippen molar-refractivity contribution in [3.63, 3.8) is 0 Å². The molecule has 1 aliphatic rings. The van der Waals surface area contributed by atoms with E-state index in [1.165, 1.54) is 46.6 Å². The monoisotopic (exact) mass is 377 g/mol. The molecule has 8 nitrogen and oxygen atoms in total. The lowest BCUT2D eigenvalue weighted by atomic mass is 10.1. The van der Waals surface area contributed by atoms with Gasteiger partial charge in [-0.2, -0.15) is 5.10 Å². The van der Waals surface area contributed by atoms with Gasteiger partial charge >= 0.3 is 5.97 Å². The molecule has 1 fully saturated rings. The normalized spacial score (nSPS) is 14.8. The van der Waals surface area contributed by atoms with Crippen molar-refractivity contribution in [2.75, 3.05) is 33.9 Å². The fraction of sp³-hybridized carbons (Fsp3) is 0.526. The average molecular weight is 377 g/mol. The number of esters is 1. The van der Waals surface area contributed by atoms with E-state index in [-0.39, 0.29) is 11.7 Å². The lowest BCUT2D eigenvalue weighted by Gasteiger charge is -2.25. The summed E-state index contributed by atoms with van der Waals surface area (Å²) in [7, 11) is 2.93. The molecule has 1 saturated heterocycles. The number of piperidine rings is 1. The van der Waals surface area contributed by atoms with Crippen LogP contribution >= 0.6 is 0 Å². The number of nitrogens with one attached hydrogen (secondary N) is 1.